The van der Waals surface area contributed by atoms with Gasteiger partial charge in [0.05, 0.1) is 13.2 Å². The van der Waals surface area contributed by atoms with Crippen LogP contribution in [0, 0.1) is 11.6 Å². The standard InChI is InChI=1S/C15H14ClF2NO/c1-19-15(9-5-11(17)8-12(18)6-9)13-7-10(16)3-4-14(13)20-2/h3-8,15,19H,1-2H3. The Bertz CT molecular complexity index is 599. The molecule has 2 aromatic carbocycles. The number of hydrogen-bond acceptors (Lipinski definition) is 2. The van der Waals surface area contributed by atoms with Gasteiger partial charge in [0.1, 0.15) is 17.4 Å². The van der Waals surface area contributed by atoms with Crippen LogP contribution in [0.3, 0.4) is 0 Å². The predicted molar refractivity (Wildman–Crippen MR) is 75.3 cm³/mol. The first-order valence-corrected chi connectivity index (χ1v) is 6.39. The fourth-order valence-corrected chi connectivity index (χ4v) is 2.35. The van der Waals surface area contributed by atoms with Gasteiger partial charge in [-0.05, 0) is 42.9 Å². The summed E-state index contributed by atoms with van der Waals surface area (Å²) in [4.78, 5) is 0. The van der Waals surface area contributed by atoms with Gasteiger partial charge in [-0.2, -0.15) is 0 Å². The van der Waals surface area contributed by atoms with Crippen molar-refractivity contribution in [3.05, 3.63) is 64.2 Å². The van der Waals surface area contributed by atoms with Crippen LogP contribution < -0.4 is 10.1 Å². The summed E-state index contributed by atoms with van der Waals surface area (Å²) in [6.07, 6.45) is 0. The van der Waals surface area contributed by atoms with E-state index in [1.54, 1.807) is 25.2 Å². The SMILES string of the molecule is CNC(c1cc(F)cc(F)c1)c1cc(Cl)ccc1OC. The van der Waals surface area contributed by atoms with Crippen LogP contribution in [0.2, 0.25) is 5.02 Å². The van der Waals surface area contributed by atoms with E-state index in [1.807, 2.05) is 0 Å². The van der Waals surface area contributed by atoms with Crippen molar-refractivity contribution in [1.82, 2.24) is 5.32 Å². The van der Waals surface area contributed by atoms with Crippen LogP contribution in [-0.4, -0.2) is 14.2 Å². The molecule has 2 rings (SSSR count). The van der Waals surface area contributed by atoms with Gasteiger partial charge in [0, 0.05) is 16.7 Å². The Kier molecular flexibility index (Phi) is 4.57. The van der Waals surface area contributed by atoms with E-state index in [4.69, 9.17) is 16.3 Å². The predicted octanol–water partition coefficient (Wildman–Crippen LogP) is 3.94. The molecule has 0 heterocycles. The summed E-state index contributed by atoms with van der Waals surface area (Å²) in [6.45, 7) is 0. The summed E-state index contributed by atoms with van der Waals surface area (Å²) in [5.74, 6) is -0.652. The zero-order valence-electron chi connectivity index (χ0n) is 11.1. The lowest BCUT2D eigenvalue weighted by atomic mass is 9.97. The van der Waals surface area contributed by atoms with Crippen LogP contribution in [-0.2, 0) is 0 Å². The lowest BCUT2D eigenvalue weighted by Gasteiger charge is -2.20. The summed E-state index contributed by atoms with van der Waals surface area (Å²) in [7, 11) is 3.24. The second-order valence-electron chi connectivity index (χ2n) is 4.31. The molecule has 0 aromatic heterocycles. The smallest absolute Gasteiger partial charge is 0.126 e. The van der Waals surface area contributed by atoms with Crippen molar-refractivity contribution in [3.63, 3.8) is 0 Å². The van der Waals surface area contributed by atoms with Gasteiger partial charge in [-0.25, -0.2) is 8.78 Å². The number of halogens is 3. The molecule has 2 nitrogen and oxygen atoms in total. The third-order valence-corrected chi connectivity index (χ3v) is 3.24. The van der Waals surface area contributed by atoms with E-state index in [9.17, 15) is 8.78 Å². The first-order valence-electron chi connectivity index (χ1n) is 6.02. The van der Waals surface area contributed by atoms with Gasteiger partial charge in [-0.3, -0.25) is 0 Å². The maximum absolute atomic E-state index is 13.4. The lowest BCUT2D eigenvalue weighted by molar-refractivity contribution is 0.405. The normalized spacial score (nSPS) is 12.2. The molecule has 2 aromatic rings. The first-order chi connectivity index (χ1) is 9.55. The van der Waals surface area contributed by atoms with Crippen molar-refractivity contribution in [2.45, 2.75) is 6.04 Å². The Morgan fingerprint density at radius 3 is 2.30 bits per heavy atom. The number of ether oxygens (including phenoxy) is 1. The first kappa shape index (κ1) is 14.8. The van der Waals surface area contributed by atoms with Gasteiger partial charge in [0.2, 0.25) is 0 Å². The van der Waals surface area contributed by atoms with Crippen molar-refractivity contribution in [2.24, 2.45) is 0 Å². The molecule has 0 radical (unpaired) electrons. The van der Waals surface area contributed by atoms with Crippen LogP contribution >= 0.6 is 11.6 Å². The molecule has 0 aliphatic heterocycles. The minimum atomic E-state index is -0.624. The van der Waals surface area contributed by atoms with Crippen LogP contribution in [0.1, 0.15) is 17.2 Å². The van der Waals surface area contributed by atoms with Crippen molar-refractivity contribution < 1.29 is 13.5 Å². The summed E-state index contributed by atoms with van der Waals surface area (Å²) in [5, 5.41) is 3.54. The van der Waals surface area contributed by atoms with Crippen LogP contribution in [0.4, 0.5) is 8.78 Å². The highest BCUT2D eigenvalue weighted by atomic mass is 35.5. The molecular formula is C15H14ClF2NO. The van der Waals surface area contributed by atoms with E-state index in [-0.39, 0.29) is 0 Å². The minimum Gasteiger partial charge on any atom is -0.496 e. The Labute approximate surface area is 121 Å². The van der Waals surface area contributed by atoms with Crippen LogP contribution in [0.15, 0.2) is 36.4 Å². The number of nitrogens with one attached hydrogen (secondary N) is 1. The Hall–Kier alpha value is -1.65. The van der Waals surface area contributed by atoms with Gasteiger partial charge in [0.25, 0.3) is 0 Å². The molecule has 106 valence electrons. The molecule has 0 saturated heterocycles. The number of hydrogen-bond donors (Lipinski definition) is 1. The topological polar surface area (TPSA) is 21.3 Å². The highest BCUT2D eigenvalue weighted by Gasteiger charge is 2.18. The number of rotatable bonds is 4. The molecule has 1 atom stereocenters. The molecule has 0 fully saturated rings. The fraction of sp³-hybridized carbons (Fsp3) is 0.200. The molecular weight excluding hydrogens is 284 g/mol. The van der Waals surface area contributed by atoms with Crippen molar-refractivity contribution in [2.75, 3.05) is 14.2 Å². The summed E-state index contributed by atoms with van der Waals surface area (Å²) in [5.41, 5.74) is 1.18. The lowest BCUT2D eigenvalue weighted by Crippen LogP contribution is -2.19. The molecule has 0 amide bonds. The highest BCUT2D eigenvalue weighted by molar-refractivity contribution is 6.30. The van der Waals surface area contributed by atoms with Gasteiger partial charge in [-0.1, -0.05) is 11.6 Å². The average Bonchev–Trinajstić information content (AvgIpc) is 2.39. The zero-order chi connectivity index (χ0) is 14.7. The molecule has 0 spiro atoms. The molecule has 1 N–H and O–H groups in total. The summed E-state index contributed by atoms with van der Waals surface area (Å²) < 4.78 is 32.0. The number of benzene rings is 2. The van der Waals surface area contributed by atoms with Gasteiger partial charge >= 0.3 is 0 Å². The van der Waals surface area contributed by atoms with Crippen molar-refractivity contribution in [1.29, 1.82) is 0 Å². The van der Waals surface area contributed by atoms with Crippen LogP contribution in [0.5, 0.6) is 5.75 Å². The summed E-state index contributed by atoms with van der Waals surface area (Å²) >= 11 is 5.99. The van der Waals surface area contributed by atoms with Gasteiger partial charge in [-0.15, -0.1) is 0 Å². The minimum absolute atomic E-state index is 0.422. The van der Waals surface area contributed by atoms with E-state index >= 15 is 0 Å². The Morgan fingerprint density at radius 1 is 1.10 bits per heavy atom. The highest BCUT2D eigenvalue weighted by Crippen LogP contribution is 2.32. The van der Waals surface area contributed by atoms with E-state index in [0.717, 1.165) is 6.07 Å². The molecule has 5 heteroatoms. The van der Waals surface area contributed by atoms with E-state index in [1.165, 1.54) is 19.2 Å². The maximum Gasteiger partial charge on any atom is 0.126 e. The van der Waals surface area contributed by atoms with E-state index < -0.39 is 17.7 Å². The quantitative estimate of drug-likeness (QED) is 0.923. The molecule has 0 saturated carbocycles. The van der Waals surface area contributed by atoms with E-state index in [0.29, 0.717) is 21.9 Å². The second kappa shape index (κ2) is 6.20. The van der Waals surface area contributed by atoms with Gasteiger partial charge < -0.3 is 10.1 Å². The maximum atomic E-state index is 13.4. The molecule has 1 unspecified atom stereocenters. The zero-order valence-corrected chi connectivity index (χ0v) is 11.8. The van der Waals surface area contributed by atoms with Crippen molar-refractivity contribution >= 4 is 11.6 Å². The average molecular weight is 298 g/mol. The molecule has 0 bridgehead atoms. The molecule has 0 aliphatic rings. The van der Waals surface area contributed by atoms with E-state index in [2.05, 4.69) is 5.32 Å². The Balaban J connectivity index is 2.54. The third kappa shape index (κ3) is 3.08. The second-order valence-corrected chi connectivity index (χ2v) is 4.75. The Morgan fingerprint density at radius 2 is 1.75 bits per heavy atom. The molecule has 20 heavy (non-hydrogen) atoms. The van der Waals surface area contributed by atoms with Crippen LogP contribution in [0.25, 0.3) is 0 Å². The third-order valence-electron chi connectivity index (χ3n) is 3.01. The van der Waals surface area contributed by atoms with Gasteiger partial charge in [0.15, 0.2) is 0 Å². The number of methoxy groups -OCH3 is 1. The van der Waals surface area contributed by atoms with Crippen molar-refractivity contribution in [3.8, 4) is 5.75 Å². The monoisotopic (exact) mass is 297 g/mol. The molecule has 0 aliphatic carbocycles. The largest absolute Gasteiger partial charge is 0.496 e. The summed E-state index contributed by atoms with van der Waals surface area (Å²) in [6, 6.07) is 8.11. The fourth-order valence-electron chi connectivity index (χ4n) is 2.17.